The highest BCUT2D eigenvalue weighted by atomic mass is 32.2. The lowest BCUT2D eigenvalue weighted by Gasteiger charge is -2.27. The van der Waals surface area contributed by atoms with Crippen molar-refractivity contribution in [3.8, 4) is 0 Å². The van der Waals surface area contributed by atoms with Gasteiger partial charge in [-0.05, 0) is 17.7 Å². The van der Waals surface area contributed by atoms with Gasteiger partial charge in [-0.3, -0.25) is 14.9 Å². The van der Waals surface area contributed by atoms with E-state index in [0.717, 1.165) is 0 Å². The van der Waals surface area contributed by atoms with Gasteiger partial charge in [-0.1, -0.05) is 24.3 Å². The van der Waals surface area contributed by atoms with Crippen LogP contribution in [-0.2, 0) is 21.3 Å². The van der Waals surface area contributed by atoms with Gasteiger partial charge in [-0.25, -0.2) is 8.42 Å². The molecule has 0 radical (unpaired) electrons. The third-order valence-corrected chi connectivity index (χ3v) is 6.32. The van der Waals surface area contributed by atoms with Crippen molar-refractivity contribution in [3.05, 3.63) is 69.8 Å². The molecule has 0 unspecified atom stereocenters. The quantitative estimate of drug-likeness (QED) is 0.575. The molecule has 3 rings (SSSR count). The van der Waals surface area contributed by atoms with Crippen molar-refractivity contribution >= 4 is 21.6 Å². The highest BCUT2D eigenvalue weighted by molar-refractivity contribution is 7.89. The van der Waals surface area contributed by atoms with Crippen molar-refractivity contribution in [1.29, 1.82) is 0 Å². The van der Waals surface area contributed by atoms with Gasteiger partial charge in [0.05, 0.1) is 23.0 Å². The molecule has 1 aliphatic heterocycles. The number of benzene rings is 2. The second-order valence-corrected chi connectivity index (χ2v) is 8.02. The zero-order chi connectivity index (χ0) is 20.1. The standard InChI is InChI=1S/C18H19N3O6S/c22-18(14-5-3-6-16(12-14)21(23)24)19-13-15-4-1-2-7-17(15)28(25,26)20-8-10-27-11-9-20/h1-7,12H,8-11,13H2,(H,19,22). The Kier molecular flexibility index (Phi) is 6.02. The minimum absolute atomic E-state index is 0.0265. The number of rotatable bonds is 6. The molecule has 1 heterocycles. The fraction of sp³-hybridized carbons (Fsp3) is 0.278. The molecule has 9 nitrogen and oxygen atoms in total. The second kappa shape index (κ2) is 8.46. The summed E-state index contributed by atoms with van der Waals surface area (Å²) in [4.78, 5) is 22.7. The van der Waals surface area contributed by atoms with Crippen LogP contribution in [0.3, 0.4) is 0 Å². The Labute approximate surface area is 162 Å². The molecular formula is C18H19N3O6S. The third-order valence-electron chi connectivity index (χ3n) is 4.32. The van der Waals surface area contributed by atoms with E-state index < -0.39 is 20.9 Å². The Balaban J connectivity index is 1.78. The number of nitro groups is 1. The molecule has 2 aromatic carbocycles. The summed E-state index contributed by atoms with van der Waals surface area (Å²) in [5.41, 5.74) is 0.374. The van der Waals surface area contributed by atoms with Crippen LogP contribution >= 0.6 is 0 Å². The van der Waals surface area contributed by atoms with Crippen molar-refractivity contribution in [2.45, 2.75) is 11.4 Å². The molecule has 28 heavy (non-hydrogen) atoms. The predicted octanol–water partition coefficient (Wildman–Crippen LogP) is 1.55. The molecule has 2 aromatic rings. The number of nitrogens with zero attached hydrogens (tertiary/aromatic N) is 2. The molecule has 1 aliphatic rings. The largest absolute Gasteiger partial charge is 0.379 e. The molecule has 1 fully saturated rings. The van der Waals surface area contributed by atoms with Crippen molar-refractivity contribution in [2.24, 2.45) is 0 Å². The second-order valence-electron chi connectivity index (χ2n) is 6.11. The summed E-state index contributed by atoms with van der Waals surface area (Å²) in [6, 6.07) is 11.8. The summed E-state index contributed by atoms with van der Waals surface area (Å²) in [6.07, 6.45) is 0. The molecule has 0 atom stereocenters. The number of nitro benzene ring substituents is 1. The average molecular weight is 405 g/mol. The van der Waals surface area contributed by atoms with Crippen LogP contribution in [0.15, 0.2) is 53.4 Å². The van der Waals surface area contributed by atoms with Crippen LogP contribution in [0, 0.1) is 10.1 Å². The molecular weight excluding hydrogens is 386 g/mol. The van der Waals surface area contributed by atoms with E-state index in [0.29, 0.717) is 18.8 Å². The van der Waals surface area contributed by atoms with Crippen molar-refractivity contribution < 1.29 is 22.9 Å². The van der Waals surface area contributed by atoms with Gasteiger partial charge in [-0.15, -0.1) is 0 Å². The first-order valence-corrected chi connectivity index (χ1v) is 10.0. The Morgan fingerprint density at radius 3 is 2.57 bits per heavy atom. The van der Waals surface area contributed by atoms with Gasteiger partial charge in [0.15, 0.2) is 0 Å². The highest BCUT2D eigenvalue weighted by Crippen LogP contribution is 2.21. The molecule has 0 saturated carbocycles. The molecule has 0 aromatic heterocycles. The number of non-ortho nitro benzene ring substituents is 1. The summed E-state index contributed by atoms with van der Waals surface area (Å²) >= 11 is 0. The Hall–Kier alpha value is -2.82. The summed E-state index contributed by atoms with van der Waals surface area (Å²) in [6.45, 7) is 1.20. The number of hydrogen-bond acceptors (Lipinski definition) is 6. The van der Waals surface area contributed by atoms with Gasteiger partial charge >= 0.3 is 0 Å². The number of carbonyl (C=O) groups excluding carboxylic acids is 1. The summed E-state index contributed by atoms with van der Waals surface area (Å²) in [7, 11) is -3.71. The minimum atomic E-state index is -3.71. The fourth-order valence-electron chi connectivity index (χ4n) is 2.87. The Morgan fingerprint density at radius 2 is 1.86 bits per heavy atom. The zero-order valence-corrected chi connectivity index (χ0v) is 15.7. The number of ether oxygens (including phenoxy) is 1. The average Bonchev–Trinajstić information content (AvgIpc) is 2.73. The number of sulfonamides is 1. The van der Waals surface area contributed by atoms with E-state index in [1.165, 1.54) is 34.6 Å². The predicted molar refractivity (Wildman–Crippen MR) is 100 cm³/mol. The van der Waals surface area contributed by atoms with Gasteiger partial charge in [-0.2, -0.15) is 4.31 Å². The van der Waals surface area contributed by atoms with Crippen LogP contribution in [0.5, 0.6) is 0 Å². The lowest BCUT2D eigenvalue weighted by atomic mass is 10.1. The molecule has 10 heteroatoms. The van der Waals surface area contributed by atoms with Crippen molar-refractivity contribution in [1.82, 2.24) is 9.62 Å². The lowest BCUT2D eigenvalue weighted by molar-refractivity contribution is -0.384. The van der Waals surface area contributed by atoms with E-state index in [1.54, 1.807) is 18.2 Å². The monoisotopic (exact) mass is 405 g/mol. The molecule has 1 N–H and O–H groups in total. The van der Waals surface area contributed by atoms with E-state index >= 15 is 0 Å². The number of nitrogens with one attached hydrogen (secondary N) is 1. The first kappa shape index (κ1) is 19.9. The minimum Gasteiger partial charge on any atom is -0.379 e. The number of carbonyl (C=O) groups is 1. The van der Waals surface area contributed by atoms with E-state index in [-0.39, 0.29) is 35.8 Å². The van der Waals surface area contributed by atoms with E-state index in [2.05, 4.69) is 5.32 Å². The lowest BCUT2D eigenvalue weighted by Crippen LogP contribution is -2.41. The van der Waals surface area contributed by atoms with Crippen LogP contribution in [0.25, 0.3) is 0 Å². The van der Waals surface area contributed by atoms with Gasteiger partial charge < -0.3 is 10.1 Å². The van der Waals surface area contributed by atoms with Gasteiger partial charge in [0.2, 0.25) is 10.0 Å². The summed E-state index contributed by atoms with van der Waals surface area (Å²) in [5.74, 6) is -0.526. The van der Waals surface area contributed by atoms with Gasteiger partial charge in [0, 0.05) is 37.3 Å². The molecule has 1 amide bonds. The number of morpholine rings is 1. The topological polar surface area (TPSA) is 119 Å². The molecule has 0 bridgehead atoms. The van der Waals surface area contributed by atoms with Crippen LogP contribution in [0.4, 0.5) is 5.69 Å². The van der Waals surface area contributed by atoms with Crippen molar-refractivity contribution in [3.63, 3.8) is 0 Å². The molecule has 148 valence electrons. The van der Waals surface area contributed by atoms with E-state index in [4.69, 9.17) is 4.74 Å². The first-order chi connectivity index (χ1) is 13.4. The first-order valence-electron chi connectivity index (χ1n) is 8.58. The van der Waals surface area contributed by atoms with E-state index in [9.17, 15) is 23.3 Å². The summed E-state index contributed by atoms with van der Waals surface area (Å²) < 4.78 is 32.4. The SMILES string of the molecule is O=C(NCc1ccccc1S(=O)(=O)N1CCOCC1)c1cccc([N+](=O)[O-])c1. The highest BCUT2D eigenvalue weighted by Gasteiger charge is 2.28. The van der Waals surface area contributed by atoms with Gasteiger partial charge in [0.25, 0.3) is 11.6 Å². The summed E-state index contributed by atoms with van der Waals surface area (Å²) in [5, 5.41) is 13.5. The number of amides is 1. The zero-order valence-electron chi connectivity index (χ0n) is 14.9. The molecule has 0 spiro atoms. The van der Waals surface area contributed by atoms with E-state index in [1.807, 2.05) is 0 Å². The molecule has 1 saturated heterocycles. The van der Waals surface area contributed by atoms with Crippen molar-refractivity contribution in [2.75, 3.05) is 26.3 Å². The number of hydrogen-bond donors (Lipinski definition) is 1. The van der Waals surface area contributed by atoms with Crippen LogP contribution < -0.4 is 5.32 Å². The van der Waals surface area contributed by atoms with Crippen LogP contribution in [0.1, 0.15) is 15.9 Å². The smallest absolute Gasteiger partial charge is 0.270 e. The fourth-order valence-corrected chi connectivity index (χ4v) is 4.50. The third kappa shape index (κ3) is 4.35. The van der Waals surface area contributed by atoms with Crippen LogP contribution in [-0.4, -0.2) is 49.9 Å². The normalized spacial score (nSPS) is 15.1. The maximum absolute atomic E-state index is 12.9. The Morgan fingerprint density at radius 1 is 1.14 bits per heavy atom. The maximum Gasteiger partial charge on any atom is 0.270 e. The molecule has 0 aliphatic carbocycles. The van der Waals surface area contributed by atoms with Gasteiger partial charge in [0.1, 0.15) is 0 Å². The Bertz CT molecular complexity index is 986. The maximum atomic E-state index is 12.9. The van der Waals surface area contributed by atoms with Crippen LogP contribution in [0.2, 0.25) is 0 Å².